The van der Waals surface area contributed by atoms with Gasteiger partial charge in [-0.1, -0.05) is 6.07 Å². The van der Waals surface area contributed by atoms with Crippen LogP contribution in [0.1, 0.15) is 21.7 Å². The minimum absolute atomic E-state index is 0.275. The summed E-state index contributed by atoms with van der Waals surface area (Å²) in [5.74, 6) is 1.03. The number of cyclic esters (lactones) is 1. The Hall–Kier alpha value is -3.22. The van der Waals surface area contributed by atoms with E-state index in [2.05, 4.69) is 15.3 Å². The molecular formula is C15H10N4O3. The van der Waals surface area contributed by atoms with Crippen molar-refractivity contribution in [2.24, 2.45) is 5.10 Å². The minimum atomic E-state index is -0.275. The molecular weight excluding hydrogens is 284 g/mol. The molecule has 0 amide bonds. The van der Waals surface area contributed by atoms with Crippen molar-refractivity contribution >= 4 is 12.2 Å². The zero-order valence-electron chi connectivity index (χ0n) is 11.3. The summed E-state index contributed by atoms with van der Waals surface area (Å²) >= 11 is 0. The van der Waals surface area contributed by atoms with Gasteiger partial charge in [-0.15, -0.1) is 10.2 Å². The molecule has 0 radical (unpaired) electrons. The van der Waals surface area contributed by atoms with Gasteiger partial charge < -0.3 is 9.15 Å². The van der Waals surface area contributed by atoms with Crippen LogP contribution in [0.3, 0.4) is 0 Å². The number of carbonyl (C=O) groups excluding carboxylic acids is 1. The zero-order valence-corrected chi connectivity index (χ0v) is 11.3. The first-order valence-electron chi connectivity index (χ1n) is 6.59. The van der Waals surface area contributed by atoms with Crippen LogP contribution in [0, 0.1) is 0 Å². The van der Waals surface area contributed by atoms with Crippen LogP contribution < -0.4 is 0 Å². The van der Waals surface area contributed by atoms with Crippen LogP contribution in [0.4, 0.5) is 0 Å². The van der Waals surface area contributed by atoms with E-state index < -0.39 is 0 Å². The van der Waals surface area contributed by atoms with Gasteiger partial charge >= 0.3 is 5.97 Å². The van der Waals surface area contributed by atoms with Gasteiger partial charge in [-0.2, -0.15) is 5.10 Å². The van der Waals surface area contributed by atoms with Gasteiger partial charge in [0.05, 0.1) is 11.8 Å². The van der Waals surface area contributed by atoms with Gasteiger partial charge in [0.25, 0.3) is 0 Å². The first-order chi connectivity index (χ1) is 10.8. The second kappa shape index (κ2) is 4.96. The highest BCUT2D eigenvalue weighted by atomic mass is 16.5. The SMILES string of the molecule is O=C1OCc2cc(-c3ccc(C=Nn4cnnc4)o3)ccc21. The van der Waals surface area contributed by atoms with Gasteiger partial charge in [0.2, 0.25) is 0 Å². The maximum absolute atomic E-state index is 11.4. The number of ether oxygens (including phenoxy) is 1. The van der Waals surface area contributed by atoms with E-state index >= 15 is 0 Å². The molecule has 0 atom stereocenters. The summed E-state index contributed by atoms with van der Waals surface area (Å²) in [5, 5.41) is 11.4. The van der Waals surface area contributed by atoms with Crippen LogP contribution in [0.2, 0.25) is 0 Å². The predicted octanol–water partition coefficient (Wildman–Crippen LogP) is 2.09. The number of furan rings is 1. The molecule has 108 valence electrons. The van der Waals surface area contributed by atoms with E-state index in [1.807, 2.05) is 24.3 Å². The second-order valence-corrected chi connectivity index (χ2v) is 4.74. The smallest absolute Gasteiger partial charge is 0.338 e. The number of fused-ring (bicyclic) bond motifs is 1. The third kappa shape index (κ3) is 2.18. The third-order valence-corrected chi connectivity index (χ3v) is 3.32. The molecule has 1 aliphatic heterocycles. The molecule has 7 nitrogen and oxygen atoms in total. The summed E-state index contributed by atoms with van der Waals surface area (Å²) in [5.41, 5.74) is 2.38. The van der Waals surface area contributed by atoms with Crippen LogP contribution in [0.25, 0.3) is 11.3 Å². The summed E-state index contributed by atoms with van der Waals surface area (Å²) in [7, 11) is 0. The molecule has 7 heteroatoms. The van der Waals surface area contributed by atoms with Gasteiger partial charge in [-0.3, -0.25) is 0 Å². The maximum atomic E-state index is 11.4. The molecule has 3 heterocycles. The molecule has 0 saturated carbocycles. The molecule has 22 heavy (non-hydrogen) atoms. The highest BCUT2D eigenvalue weighted by Gasteiger charge is 2.21. The maximum Gasteiger partial charge on any atom is 0.338 e. The van der Waals surface area contributed by atoms with Gasteiger partial charge in [-0.25, -0.2) is 9.47 Å². The molecule has 0 unspecified atom stereocenters. The molecule has 0 spiro atoms. The fourth-order valence-electron chi connectivity index (χ4n) is 2.24. The second-order valence-electron chi connectivity index (χ2n) is 4.74. The first kappa shape index (κ1) is 12.5. The third-order valence-electron chi connectivity index (χ3n) is 3.32. The van der Waals surface area contributed by atoms with Gasteiger partial charge in [0.15, 0.2) is 0 Å². The molecule has 0 N–H and O–H groups in total. The average molecular weight is 294 g/mol. The Morgan fingerprint density at radius 2 is 2.05 bits per heavy atom. The topological polar surface area (TPSA) is 82.5 Å². The number of nitrogens with zero attached hydrogens (tertiary/aromatic N) is 4. The number of hydrogen-bond donors (Lipinski definition) is 0. The lowest BCUT2D eigenvalue weighted by molar-refractivity contribution is 0.0535. The minimum Gasteiger partial charge on any atom is -0.457 e. The summed E-state index contributed by atoms with van der Waals surface area (Å²) in [6, 6.07) is 9.17. The van der Waals surface area contributed by atoms with Crippen LogP contribution in [0.15, 0.2) is 52.5 Å². The van der Waals surface area contributed by atoms with Gasteiger partial charge in [-0.05, 0) is 24.3 Å². The molecule has 0 bridgehead atoms. The summed E-state index contributed by atoms with van der Waals surface area (Å²) < 4.78 is 12.2. The summed E-state index contributed by atoms with van der Waals surface area (Å²) in [6.07, 6.45) is 4.54. The predicted molar refractivity (Wildman–Crippen MR) is 76.3 cm³/mol. The van der Waals surface area contributed by atoms with Crippen molar-refractivity contribution in [3.05, 3.63) is 59.9 Å². The molecule has 2 aromatic heterocycles. The Balaban J connectivity index is 1.60. The van der Waals surface area contributed by atoms with E-state index in [-0.39, 0.29) is 5.97 Å². The Kier molecular flexibility index (Phi) is 2.82. The fourth-order valence-corrected chi connectivity index (χ4v) is 2.24. The van der Waals surface area contributed by atoms with Gasteiger partial charge in [0.1, 0.15) is 30.8 Å². The highest BCUT2D eigenvalue weighted by molar-refractivity contribution is 5.94. The van der Waals surface area contributed by atoms with E-state index in [1.165, 1.54) is 17.3 Å². The van der Waals surface area contributed by atoms with Crippen molar-refractivity contribution in [1.82, 2.24) is 14.9 Å². The standard InChI is InChI=1S/C15H10N4O3/c20-15-13-3-1-10(5-11(13)7-21-15)14-4-2-12(22-14)6-18-19-8-16-17-9-19/h1-6,8-9H,7H2. The fraction of sp³-hybridized carbons (Fsp3) is 0.0667. The Morgan fingerprint density at radius 1 is 1.18 bits per heavy atom. The van der Waals surface area contributed by atoms with Crippen molar-refractivity contribution in [2.75, 3.05) is 0 Å². The van der Waals surface area contributed by atoms with Crippen molar-refractivity contribution in [1.29, 1.82) is 0 Å². The monoisotopic (exact) mass is 294 g/mol. The molecule has 4 rings (SSSR count). The lowest BCUT2D eigenvalue weighted by Gasteiger charge is -1.99. The molecule has 0 saturated heterocycles. The average Bonchev–Trinajstić information content (AvgIpc) is 3.26. The Labute approximate surface area is 124 Å². The van der Waals surface area contributed by atoms with E-state index in [1.54, 1.807) is 12.3 Å². The van der Waals surface area contributed by atoms with Crippen LogP contribution in [-0.2, 0) is 11.3 Å². The lowest BCUT2D eigenvalue weighted by atomic mass is 10.0. The van der Waals surface area contributed by atoms with Crippen molar-refractivity contribution < 1.29 is 13.9 Å². The Bertz CT molecular complexity index is 865. The number of hydrogen-bond acceptors (Lipinski definition) is 6. The first-order valence-corrected chi connectivity index (χ1v) is 6.59. The zero-order chi connectivity index (χ0) is 14.9. The van der Waals surface area contributed by atoms with Crippen LogP contribution in [0.5, 0.6) is 0 Å². The molecule has 1 aliphatic rings. The Morgan fingerprint density at radius 3 is 2.91 bits per heavy atom. The molecule has 3 aromatic rings. The number of esters is 1. The number of aromatic nitrogens is 3. The normalized spacial score (nSPS) is 13.5. The molecule has 0 fully saturated rings. The van der Waals surface area contributed by atoms with E-state index in [9.17, 15) is 4.79 Å². The van der Waals surface area contributed by atoms with Gasteiger partial charge in [0, 0.05) is 11.1 Å². The van der Waals surface area contributed by atoms with E-state index in [4.69, 9.17) is 9.15 Å². The largest absolute Gasteiger partial charge is 0.457 e. The van der Waals surface area contributed by atoms with E-state index in [0.717, 1.165) is 11.1 Å². The van der Waals surface area contributed by atoms with Crippen LogP contribution in [-0.4, -0.2) is 27.1 Å². The van der Waals surface area contributed by atoms with Crippen molar-refractivity contribution in [3.8, 4) is 11.3 Å². The summed E-state index contributed by atoms with van der Waals surface area (Å²) in [4.78, 5) is 11.4. The van der Waals surface area contributed by atoms with Crippen molar-refractivity contribution in [2.45, 2.75) is 6.61 Å². The quantitative estimate of drug-likeness (QED) is 0.545. The van der Waals surface area contributed by atoms with E-state index in [0.29, 0.717) is 23.7 Å². The highest BCUT2D eigenvalue weighted by Crippen LogP contribution is 2.27. The van der Waals surface area contributed by atoms with Crippen molar-refractivity contribution in [3.63, 3.8) is 0 Å². The number of carbonyl (C=O) groups is 1. The molecule has 1 aromatic carbocycles. The molecule has 0 aliphatic carbocycles. The van der Waals surface area contributed by atoms with Crippen LogP contribution >= 0.6 is 0 Å². The lowest BCUT2D eigenvalue weighted by Crippen LogP contribution is -1.92. The summed E-state index contributed by atoms with van der Waals surface area (Å²) in [6.45, 7) is 0.310. The number of benzene rings is 1. The number of rotatable bonds is 3.